The molecule has 0 heterocycles. The Morgan fingerprint density at radius 1 is 1.00 bits per heavy atom. The molecule has 0 aliphatic carbocycles. The molecule has 2 N–H and O–H groups in total. The first-order valence-electron chi connectivity index (χ1n) is 4.69. The van der Waals surface area contributed by atoms with E-state index in [1.54, 1.807) is 31.2 Å². The lowest BCUT2D eigenvalue weighted by molar-refractivity contribution is -0.132. The molecule has 5 heteroatoms. The molecule has 0 aliphatic rings. The molecule has 0 atom stereocenters. The van der Waals surface area contributed by atoms with Crippen LogP contribution in [-0.2, 0) is 9.59 Å². The summed E-state index contributed by atoms with van der Waals surface area (Å²) in [5.74, 6) is -2.02. The van der Waals surface area contributed by atoms with E-state index in [0.29, 0.717) is 0 Å². The molecule has 0 bridgehead atoms. The van der Waals surface area contributed by atoms with Gasteiger partial charge in [0.1, 0.15) is 5.03 Å². The maximum absolute atomic E-state index is 9.97. The second-order valence-corrected chi connectivity index (χ2v) is 2.98. The van der Waals surface area contributed by atoms with Crippen molar-refractivity contribution in [3.05, 3.63) is 47.6 Å². The Labute approximate surface area is 105 Å². The third-order valence-electron chi connectivity index (χ3n) is 1.18. The maximum atomic E-state index is 9.97. The second kappa shape index (κ2) is 12.3. The fourth-order valence-electron chi connectivity index (χ4n) is 0.501. The molecular weight excluding hydrogens is 244 g/mol. The van der Waals surface area contributed by atoms with Crippen LogP contribution < -0.4 is 0 Å². The van der Waals surface area contributed by atoms with E-state index in [1.807, 2.05) is 6.92 Å². The summed E-state index contributed by atoms with van der Waals surface area (Å²) in [5, 5.41) is 16.0. The zero-order valence-corrected chi connectivity index (χ0v) is 10.4. The zero-order chi connectivity index (χ0) is 13.7. The Balaban J connectivity index is 0. The van der Waals surface area contributed by atoms with Crippen molar-refractivity contribution in [1.82, 2.24) is 0 Å². The maximum Gasteiger partial charge on any atom is 0.347 e. The number of carboxylic acid groups (broad SMARTS) is 2. The number of rotatable bonds is 4. The summed E-state index contributed by atoms with van der Waals surface area (Å²) < 4.78 is 0. The monoisotopic (exact) mass is 258 g/mol. The van der Waals surface area contributed by atoms with Gasteiger partial charge in [-0.05, 0) is 19.9 Å². The van der Waals surface area contributed by atoms with Gasteiger partial charge in [0.25, 0.3) is 0 Å². The number of allylic oxidation sites excluding steroid dienone is 6. The molecule has 0 saturated heterocycles. The molecule has 0 fully saturated rings. The quantitative estimate of drug-likeness (QED) is 0.600. The Kier molecular flexibility index (Phi) is 12.7. The molecule has 0 aromatic heterocycles. The van der Waals surface area contributed by atoms with Crippen molar-refractivity contribution in [2.75, 3.05) is 0 Å². The van der Waals surface area contributed by atoms with Crippen molar-refractivity contribution in [2.24, 2.45) is 0 Å². The third kappa shape index (κ3) is 16.8. The minimum Gasteiger partial charge on any atom is -0.478 e. The lowest BCUT2D eigenvalue weighted by Crippen LogP contribution is -1.91. The van der Waals surface area contributed by atoms with Crippen molar-refractivity contribution in [3.63, 3.8) is 0 Å². The first-order valence-corrected chi connectivity index (χ1v) is 5.07. The molecule has 0 spiro atoms. The van der Waals surface area contributed by atoms with Crippen molar-refractivity contribution in [3.8, 4) is 0 Å². The van der Waals surface area contributed by atoms with Gasteiger partial charge < -0.3 is 10.2 Å². The van der Waals surface area contributed by atoms with Gasteiger partial charge in [-0.1, -0.05) is 42.0 Å². The number of carbonyl (C=O) groups is 2. The van der Waals surface area contributed by atoms with Crippen LogP contribution in [0.3, 0.4) is 0 Å². The van der Waals surface area contributed by atoms with Gasteiger partial charge in [-0.25, -0.2) is 9.59 Å². The van der Waals surface area contributed by atoms with Crippen molar-refractivity contribution >= 4 is 23.5 Å². The van der Waals surface area contributed by atoms with Crippen molar-refractivity contribution in [2.45, 2.75) is 13.8 Å². The number of aliphatic carboxylic acids is 2. The van der Waals surface area contributed by atoms with Crippen molar-refractivity contribution < 1.29 is 19.8 Å². The Morgan fingerprint density at radius 2 is 1.53 bits per heavy atom. The zero-order valence-electron chi connectivity index (χ0n) is 9.63. The van der Waals surface area contributed by atoms with Gasteiger partial charge >= 0.3 is 11.9 Å². The van der Waals surface area contributed by atoms with Crippen LogP contribution in [0.25, 0.3) is 0 Å². The first kappa shape index (κ1) is 17.6. The fourth-order valence-corrected chi connectivity index (χ4v) is 0.574. The van der Waals surface area contributed by atoms with Gasteiger partial charge in [0.2, 0.25) is 0 Å². The van der Waals surface area contributed by atoms with Gasteiger partial charge in [-0.15, -0.1) is 0 Å². The van der Waals surface area contributed by atoms with Gasteiger partial charge in [-0.3, -0.25) is 0 Å². The molecule has 0 aromatic carbocycles. The average molecular weight is 259 g/mol. The summed E-state index contributed by atoms with van der Waals surface area (Å²) in [4.78, 5) is 19.7. The highest BCUT2D eigenvalue weighted by molar-refractivity contribution is 6.41. The van der Waals surface area contributed by atoms with Gasteiger partial charge in [0.15, 0.2) is 0 Å². The van der Waals surface area contributed by atoms with Crippen LogP contribution >= 0.6 is 11.6 Å². The van der Waals surface area contributed by atoms with E-state index in [1.165, 1.54) is 12.2 Å². The van der Waals surface area contributed by atoms with Crippen LogP contribution in [0.1, 0.15) is 13.8 Å². The largest absolute Gasteiger partial charge is 0.478 e. The van der Waals surface area contributed by atoms with Gasteiger partial charge in [-0.2, -0.15) is 0 Å². The van der Waals surface area contributed by atoms with Crippen LogP contribution in [-0.4, -0.2) is 22.2 Å². The summed E-state index contributed by atoms with van der Waals surface area (Å²) in [6.45, 7) is 3.61. The van der Waals surface area contributed by atoms with Crippen LogP contribution in [0.5, 0.6) is 0 Å². The summed E-state index contributed by atoms with van der Waals surface area (Å²) in [6.07, 6.45) is 10.6. The number of hydrogen-bond donors (Lipinski definition) is 2. The van der Waals surface area contributed by atoms with E-state index in [4.69, 9.17) is 21.8 Å². The topological polar surface area (TPSA) is 74.6 Å². The highest BCUT2D eigenvalue weighted by Crippen LogP contribution is 1.99. The van der Waals surface area contributed by atoms with E-state index >= 15 is 0 Å². The van der Waals surface area contributed by atoms with E-state index < -0.39 is 11.9 Å². The average Bonchev–Trinajstić information content (AvgIpc) is 2.26. The summed E-state index contributed by atoms with van der Waals surface area (Å²) in [7, 11) is 0. The first-order chi connectivity index (χ1) is 7.95. The van der Waals surface area contributed by atoms with Gasteiger partial charge in [0, 0.05) is 6.08 Å². The number of hydrogen-bond acceptors (Lipinski definition) is 2. The summed E-state index contributed by atoms with van der Waals surface area (Å²) >= 11 is 5.20. The Morgan fingerprint density at radius 3 is 1.88 bits per heavy atom. The molecule has 17 heavy (non-hydrogen) atoms. The van der Waals surface area contributed by atoms with E-state index in [-0.39, 0.29) is 5.03 Å². The minimum absolute atomic E-state index is 0.173. The molecule has 0 unspecified atom stereocenters. The number of carboxylic acids is 2. The predicted octanol–water partition coefficient (Wildman–Crippen LogP) is 2.97. The van der Waals surface area contributed by atoms with E-state index in [9.17, 15) is 9.59 Å². The van der Waals surface area contributed by atoms with Crippen LogP contribution in [0.15, 0.2) is 47.6 Å². The molecule has 0 aromatic rings. The molecule has 0 saturated carbocycles. The summed E-state index contributed by atoms with van der Waals surface area (Å²) in [6, 6.07) is 0. The van der Waals surface area contributed by atoms with Crippen LogP contribution in [0, 0.1) is 0 Å². The Hall–Kier alpha value is -1.81. The lowest BCUT2D eigenvalue weighted by Gasteiger charge is -1.82. The highest BCUT2D eigenvalue weighted by Gasteiger charge is 1.98. The van der Waals surface area contributed by atoms with Crippen molar-refractivity contribution in [1.29, 1.82) is 0 Å². The molecular formula is C12H15ClO4. The lowest BCUT2D eigenvalue weighted by atomic mass is 10.4. The molecule has 0 amide bonds. The Bertz CT molecular complexity index is 352. The molecule has 0 aliphatic heterocycles. The molecule has 4 nitrogen and oxygen atoms in total. The van der Waals surface area contributed by atoms with E-state index in [0.717, 1.165) is 6.08 Å². The second-order valence-electron chi connectivity index (χ2n) is 2.57. The molecule has 0 rings (SSSR count). The summed E-state index contributed by atoms with van der Waals surface area (Å²) in [5.41, 5.74) is 0. The third-order valence-corrected chi connectivity index (χ3v) is 1.47. The smallest absolute Gasteiger partial charge is 0.347 e. The fraction of sp³-hybridized carbons (Fsp3) is 0.167. The normalized spacial score (nSPS) is 11.8. The highest BCUT2D eigenvalue weighted by atomic mass is 35.5. The molecule has 0 radical (unpaired) electrons. The van der Waals surface area contributed by atoms with E-state index in [2.05, 4.69) is 0 Å². The van der Waals surface area contributed by atoms with Gasteiger partial charge in [0.05, 0.1) is 0 Å². The SMILES string of the molecule is CC=CC=C(Cl)C(=O)O.CC=CC=CC(=O)O. The standard InChI is InChI=1S/C6H7ClO2.C6H8O2/c1-2-3-4-5(7)6(8)9;1-2-3-4-5-6(7)8/h2-4H,1H3,(H,8,9);2-5H,1H3,(H,7,8). The number of halogens is 1. The predicted molar refractivity (Wildman–Crippen MR) is 68.0 cm³/mol. The van der Waals surface area contributed by atoms with Crippen LogP contribution in [0.2, 0.25) is 0 Å². The van der Waals surface area contributed by atoms with Crippen LogP contribution in [0.4, 0.5) is 0 Å². The molecule has 94 valence electrons. The minimum atomic E-state index is -1.10.